The molecular formula is C17H24. The lowest BCUT2D eigenvalue weighted by atomic mass is 9.85. The first kappa shape index (κ1) is 13.8. The van der Waals surface area contributed by atoms with Crippen LogP contribution in [-0.2, 0) is 0 Å². The second-order valence-corrected chi connectivity index (χ2v) is 4.94. The molecule has 0 heteroatoms. The summed E-state index contributed by atoms with van der Waals surface area (Å²) in [4.78, 5) is 0. The van der Waals surface area contributed by atoms with Crippen LogP contribution in [-0.4, -0.2) is 0 Å². The van der Waals surface area contributed by atoms with Crippen LogP contribution in [0, 0.1) is 0 Å². The van der Waals surface area contributed by atoms with Crippen molar-refractivity contribution in [3.8, 4) is 0 Å². The fraction of sp³-hybridized carbons (Fsp3) is 0.412. The van der Waals surface area contributed by atoms with E-state index in [1.807, 2.05) is 12.2 Å². The third-order valence-corrected chi connectivity index (χ3v) is 3.53. The first-order valence-electron chi connectivity index (χ1n) is 6.48. The highest BCUT2D eigenvalue weighted by molar-refractivity contribution is 5.70. The van der Waals surface area contributed by atoms with Gasteiger partial charge in [-0.3, -0.25) is 0 Å². The third kappa shape index (κ3) is 2.69. The van der Waals surface area contributed by atoms with E-state index < -0.39 is 0 Å². The van der Waals surface area contributed by atoms with Crippen LogP contribution in [0.4, 0.5) is 0 Å². The molecule has 0 aliphatic heterocycles. The van der Waals surface area contributed by atoms with Crippen LogP contribution >= 0.6 is 0 Å². The standard InChI is InChI=1S/C17H24/c1-7-13(6)17-11-10-16(12(4)5)14(8-2)15(17)9-3/h8-13H,2-3,7H2,1,4-6H3. The van der Waals surface area contributed by atoms with Gasteiger partial charge in [-0.1, -0.05) is 65.1 Å². The Hall–Kier alpha value is -1.30. The fourth-order valence-electron chi connectivity index (χ4n) is 2.28. The molecule has 1 aromatic rings. The fourth-order valence-corrected chi connectivity index (χ4v) is 2.28. The molecule has 0 aliphatic carbocycles. The molecule has 1 unspecified atom stereocenters. The third-order valence-electron chi connectivity index (χ3n) is 3.53. The van der Waals surface area contributed by atoms with Gasteiger partial charge in [0.15, 0.2) is 0 Å². The maximum absolute atomic E-state index is 3.97. The van der Waals surface area contributed by atoms with Crippen molar-refractivity contribution in [2.75, 3.05) is 0 Å². The number of hydrogen-bond donors (Lipinski definition) is 0. The quantitative estimate of drug-likeness (QED) is 0.614. The first-order valence-corrected chi connectivity index (χ1v) is 6.48. The molecule has 0 amide bonds. The normalized spacial score (nSPS) is 12.5. The van der Waals surface area contributed by atoms with Gasteiger partial charge in [0.05, 0.1) is 0 Å². The predicted octanol–water partition coefficient (Wildman–Crippen LogP) is 5.61. The summed E-state index contributed by atoms with van der Waals surface area (Å²) < 4.78 is 0. The Balaban J connectivity index is 3.48. The maximum Gasteiger partial charge on any atom is -0.0152 e. The Labute approximate surface area is 106 Å². The second-order valence-electron chi connectivity index (χ2n) is 4.94. The van der Waals surface area contributed by atoms with Gasteiger partial charge in [-0.15, -0.1) is 0 Å². The molecule has 0 fully saturated rings. The maximum atomic E-state index is 3.97. The molecule has 1 aromatic carbocycles. The van der Waals surface area contributed by atoms with Crippen molar-refractivity contribution in [2.45, 2.75) is 46.0 Å². The minimum Gasteiger partial charge on any atom is -0.0984 e. The van der Waals surface area contributed by atoms with E-state index in [0.29, 0.717) is 11.8 Å². The van der Waals surface area contributed by atoms with Gasteiger partial charge in [0.2, 0.25) is 0 Å². The van der Waals surface area contributed by atoms with Crippen LogP contribution in [0.3, 0.4) is 0 Å². The van der Waals surface area contributed by atoms with Gasteiger partial charge in [-0.2, -0.15) is 0 Å². The topological polar surface area (TPSA) is 0 Å². The van der Waals surface area contributed by atoms with Crippen LogP contribution in [0.2, 0.25) is 0 Å². The van der Waals surface area contributed by atoms with E-state index in [2.05, 4.69) is 53.0 Å². The summed E-state index contributed by atoms with van der Waals surface area (Å²) in [5, 5.41) is 0. The average Bonchev–Trinajstić information content (AvgIpc) is 2.35. The zero-order chi connectivity index (χ0) is 13.0. The molecule has 0 saturated carbocycles. The molecular weight excluding hydrogens is 204 g/mol. The number of hydrogen-bond acceptors (Lipinski definition) is 0. The van der Waals surface area contributed by atoms with E-state index in [-0.39, 0.29) is 0 Å². The largest absolute Gasteiger partial charge is 0.0984 e. The zero-order valence-electron chi connectivity index (χ0n) is 11.6. The monoisotopic (exact) mass is 228 g/mol. The van der Waals surface area contributed by atoms with Gasteiger partial charge < -0.3 is 0 Å². The van der Waals surface area contributed by atoms with Crippen molar-refractivity contribution in [1.82, 2.24) is 0 Å². The summed E-state index contributed by atoms with van der Waals surface area (Å²) in [6.45, 7) is 16.9. The molecule has 0 nitrogen and oxygen atoms in total. The Morgan fingerprint density at radius 2 is 1.47 bits per heavy atom. The van der Waals surface area contributed by atoms with E-state index in [0.717, 1.165) is 6.42 Å². The van der Waals surface area contributed by atoms with Crippen LogP contribution in [0.15, 0.2) is 25.3 Å². The van der Waals surface area contributed by atoms with Gasteiger partial charge in [-0.05, 0) is 40.5 Å². The summed E-state index contributed by atoms with van der Waals surface area (Å²) >= 11 is 0. The van der Waals surface area contributed by atoms with Crippen molar-refractivity contribution in [3.63, 3.8) is 0 Å². The van der Waals surface area contributed by atoms with E-state index in [1.165, 1.54) is 22.3 Å². The van der Waals surface area contributed by atoms with Crippen LogP contribution in [0.5, 0.6) is 0 Å². The minimum atomic E-state index is 0.521. The van der Waals surface area contributed by atoms with Crippen molar-refractivity contribution in [3.05, 3.63) is 47.5 Å². The van der Waals surface area contributed by atoms with Gasteiger partial charge in [-0.25, -0.2) is 0 Å². The van der Waals surface area contributed by atoms with E-state index in [9.17, 15) is 0 Å². The molecule has 0 saturated heterocycles. The highest BCUT2D eigenvalue weighted by atomic mass is 14.2. The van der Waals surface area contributed by atoms with Crippen molar-refractivity contribution in [2.24, 2.45) is 0 Å². The molecule has 17 heavy (non-hydrogen) atoms. The van der Waals surface area contributed by atoms with Crippen molar-refractivity contribution < 1.29 is 0 Å². The molecule has 0 aromatic heterocycles. The Kier molecular flexibility index (Phi) is 4.74. The summed E-state index contributed by atoms with van der Waals surface area (Å²) in [5.74, 6) is 1.09. The molecule has 0 aliphatic rings. The van der Waals surface area contributed by atoms with E-state index in [1.54, 1.807) is 0 Å². The van der Waals surface area contributed by atoms with Gasteiger partial charge >= 0.3 is 0 Å². The molecule has 0 radical (unpaired) electrons. The van der Waals surface area contributed by atoms with Crippen molar-refractivity contribution in [1.29, 1.82) is 0 Å². The molecule has 92 valence electrons. The SMILES string of the molecule is C=Cc1c(C(C)C)ccc(C(C)CC)c1C=C. The smallest absolute Gasteiger partial charge is 0.0152 e. The second kappa shape index (κ2) is 5.86. The molecule has 0 heterocycles. The van der Waals surface area contributed by atoms with Gasteiger partial charge in [0.25, 0.3) is 0 Å². The van der Waals surface area contributed by atoms with Crippen LogP contribution < -0.4 is 0 Å². The Morgan fingerprint density at radius 3 is 1.88 bits per heavy atom. The molecule has 1 atom stereocenters. The minimum absolute atomic E-state index is 0.521. The lowest BCUT2D eigenvalue weighted by Crippen LogP contribution is -2.02. The van der Waals surface area contributed by atoms with Crippen molar-refractivity contribution >= 4 is 12.2 Å². The summed E-state index contributed by atoms with van der Waals surface area (Å²) in [7, 11) is 0. The predicted molar refractivity (Wildman–Crippen MR) is 79.4 cm³/mol. The summed E-state index contributed by atoms with van der Waals surface area (Å²) in [6, 6.07) is 4.50. The highest BCUT2D eigenvalue weighted by Crippen LogP contribution is 2.32. The van der Waals surface area contributed by atoms with Gasteiger partial charge in [0, 0.05) is 0 Å². The number of benzene rings is 1. The Bertz CT molecular complexity index is 410. The van der Waals surface area contributed by atoms with E-state index in [4.69, 9.17) is 0 Å². The summed E-state index contributed by atoms with van der Waals surface area (Å²) in [5.41, 5.74) is 5.28. The zero-order valence-corrected chi connectivity index (χ0v) is 11.6. The molecule has 0 spiro atoms. The molecule has 0 N–H and O–H groups in total. The van der Waals surface area contributed by atoms with E-state index >= 15 is 0 Å². The lowest BCUT2D eigenvalue weighted by molar-refractivity contribution is 0.730. The molecule has 1 rings (SSSR count). The number of rotatable bonds is 5. The van der Waals surface area contributed by atoms with Gasteiger partial charge in [0.1, 0.15) is 0 Å². The summed E-state index contributed by atoms with van der Waals surface area (Å²) in [6.07, 6.45) is 5.10. The first-order chi connectivity index (χ1) is 8.06. The van der Waals surface area contributed by atoms with Crippen LogP contribution in [0.25, 0.3) is 12.2 Å². The van der Waals surface area contributed by atoms with Crippen LogP contribution in [0.1, 0.15) is 68.2 Å². The Morgan fingerprint density at radius 1 is 1.00 bits per heavy atom. The highest BCUT2D eigenvalue weighted by Gasteiger charge is 2.14. The molecule has 0 bridgehead atoms. The lowest BCUT2D eigenvalue weighted by Gasteiger charge is -2.19. The average molecular weight is 228 g/mol.